The number of hydrogen-bond donors (Lipinski definition) is 1. The second-order valence-electron chi connectivity index (χ2n) is 4.51. The first-order valence-corrected chi connectivity index (χ1v) is 6.47. The van der Waals surface area contributed by atoms with Crippen LogP contribution in [0.2, 0.25) is 5.02 Å². The summed E-state index contributed by atoms with van der Waals surface area (Å²) in [6.45, 7) is 4.83. The van der Waals surface area contributed by atoms with Crippen molar-refractivity contribution in [2.75, 3.05) is 33.3 Å². The van der Waals surface area contributed by atoms with E-state index in [1.807, 2.05) is 6.07 Å². The lowest BCUT2D eigenvalue weighted by atomic mass is 10.1. The van der Waals surface area contributed by atoms with Gasteiger partial charge in [-0.05, 0) is 17.7 Å². The summed E-state index contributed by atoms with van der Waals surface area (Å²) >= 11 is 5.91. The second kappa shape index (κ2) is 6.48. The number of piperazine rings is 1. The molecule has 0 saturated carbocycles. The molecule has 0 aromatic heterocycles. The minimum Gasteiger partial charge on any atom is -0.380 e. The number of hydrogen-bond acceptors (Lipinski definition) is 3. The van der Waals surface area contributed by atoms with Crippen molar-refractivity contribution in [1.82, 2.24) is 10.2 Å². The third-order valence-electron chi connectivity index (χ3n) is 3.08. The van der Waals surface area contributed by atoms with Gasteiger partial charge in [-0.3, -0.25) is 4.90 Å². The van der Waals surface area contributed by atoms with Gasteiger partial charge in [0, 0.05) is 45.4 Å². The van der Waals surface area contributed by atoms with E-state index in [1.54, 1.807) is 13.2 Å². The van der Waals surface area contributed by atoms with Crippen molar-refractivity contribution in [2.24, 2.45) is 0 Å². The summed E-state index contributed by atoms with van der Waals surface area (Å²) in [7, 11) is 1.62. The van der Waals surface area contributed by atoms with Crippen molar-refractivity contribution in [3.05, 3.63) is 34.1 Å². The number of ether oxygens (including phenoxy) is 1. The van der Waals surface area contributed by atoms with Gasteiger partial charge < -0.3 is 10.1 Å². The first-order chi connectivity index (χ1) is 8.70. The van der Waals surface area contributed by atoms with Crippen LogP contribution in [-0.2, 0) is 17.9 Å². The Hall–Kier alpha value is -0.680. The monoisotopic (exact) mass is 272 g/mol. The average Bonchev–Trinajstić information content (AvgIpc) is 2.37. The van der Waals surface area contributed by atoms with Crippen molar-refractivity contribution in [1.29, 1.82) is 0 Å². The Morgan fingerprint density at radius 2 is 2.11 bits per heavy atom. The van der Waals surface area contributed by atoms with Gasteiger partial charge in [0.1, 0.15) is 5.82 Å². The molecular weight excluding hydrogens is 255 g/mol. The predicted molar refractivity (Wildman–Crippen MR) is 70.3 cm³/mol. The van der Waals surface area contributed by atoms with Crippen molar-refractivity contribution < 1.29 is 9.13 Å². The standard InChI is InChI=1S/C13H18ClFN2O/c1-18-9-10-6-11(13(15)12(14)7-10)8-17-4-2-16-3-5-17/h6-7,16H,2-5,8-9H2,1H3. The Morgan fingerprint density at radius 1 is 1.39 bits per heavy atom. The molecular formula is C13H18ClFN2O. The molecule has 1 aromatic carbocycles. The van der Waals surface area contributed by atoms with Crippen LogP contribution in [0.3, 0.4) is 0 Å². The number of nitrogens with one attached hydrogen (secondary N) is 1. The molecule has 1 aliphatic rings. The van der Waals surface area contributed by atoms with Crippen molar-refractivity contribution in [3.63, 3.8) is 0 Å². The Labute approximate surface area is 112 Å². The molecule has 1 aromatic rings. The second-order valence-corrected chi connectivity index (χ2v) is 4.92. The summed E-state index contributed by atoms with van der Waals surface area (Å²) in [6.07, 6.45) is 0. The molecule has 0 atom stereocenters. The van der Waals surface area contributed by atoms with E-state index in [0.29, 0.717) is 18.7 Å². The lowest BCUT2D eigenvalue weighted by Gasteiger charge is -2.27. The summed E-state index contributed by atoms with van der Waals surface area (Å²) in [5, 5.41) is 3.45. The summed E-state index contributed by atoms with van der Waals surface area (Å²) in [4.78, 5) is 2.22. The van der Waals surface area contributed by atoms with Crippen LogP contribution in [0.1, 0.15) is 11.1 Å². The van der Waals surface area contributed by atoms with Crippen LogP contribution < -0.4 is 5.32 Å². The number of nitrogens with zero attached hydrogens (tertiary/aromatic N) is 1. The van der Waals surface area contributed by atoms with Gasteiger partial charge in [-0.15, -0.1) is 0 Å². The van der Waals surface area contributed by atoms with E-state index < -0.39 is 0 Å². The van der Waals surface area contributed by atoms with E-state index in [0.717, 1.165) is 31.7 Å². The van der Waals surface area contributed by atoms with E-state index in [-0.39, 0.29) is 10.8 Å². The number of methoxy groups -OCH3 is 1. The highest BCUT2D eigenvalue weighted by Crippen LogP contribution is 2.22. The highest BCUT2D eigenvalue weighted by atomic mass is 35.5. The van der Waals surface area contributed by atoms with E-state index in [2.05, 4.69) is 10.2 Å². The lowest BCUT2D eigenvalue weighted by Crippen LogP contribution is -2.43. The minimum atomic E-state index is -0.310. The van der Waals surface area contributed by atoms with Crippen LogP contribution in [0.15, 0.2) is 12.1 Å². The van der Waals surface area contributed by atoms with Gasteiger partial charge in [0.2, 0.25) is 0 Å². The molecule has 100 valence electrons. The van der Waals surface area contributed by atoms with Gasteiger partial charge >= 0.3 is 0 Å². The maximum Gasteiger partial charge on any atom is 0.146 e. The zero-order valence-electron chi connectivity index (χ0n) is 10.5. The first-order valence-electron chi connectivity index (χ1n) is 6.09. The fraction of sp³-hybridized carbons (Fsp3) is 0.538. The largest absolute Gasteiger partial charge is 0.380 e. The predicted octanol–water partition coefficient (Wildman–Crippen LogP) is 2.03. The molecule has 1 heterocycles. The van der Waals surface area contributed by atoms with Crippen LogP contribution in [-0.4, -0.2) is 38.2 Å². The SMILES string of the molecule is COCc1cc(Cl)c(F)c(CN2CCNCC2)c1. The van der Waals surface area contributed by atoms with Gasteiger partial charge in [-0.2, -0.15) is 0 Å². The van der Waals surface area contributed by atoms with Crippen molar-refractivity contribution in [2.45, 2.75) is 13.2 Å². The van der Waals surface area contributed by atoms with Crippen LogP contribution in [0.25, 0.3) is 0 Å². The zero-order valence-corrected chi connectivity index (χ0v) is 11.3. The molecule has 0 aliphatic carbocycles. The number of halogens is 2. The molecule has 0 unspecified atom stereocenters. The maximum atomic E-state index is 14.0. The van der Waals surface area contributed by atoms with Crippen LogP contribution in [0.5, 0.6) is 0 Å². The summed E-state index contributed by atoms with van der Waals surface area (Å²) < 4.78 is 19.0. The molecule has 5 heteroatoms. The summed E-state index contributed by atoms with van der Waals surface area (Å²) in [5.74, 6) is -0.310. The fourth-order valence-corrected chi connectivity index (χ4v) is 2.45. The molecule has 0 bridgehead atoms. The van der Waals surface area contributed by atoms with E-state index in [1.165, 1.54) is 0 Å². The Balaban J connectivity index is 2.14. The molecule has 1 aliphatic heterocycles. The smallest absolute Gasteiger partial charge is 0.146 e. The van der Waals surface area contributed by atoms with Crippen molar-refractivity contribution >= 4 is 11.6 Å². The third kappa shape index (κ3) is 3.42. The van der Waals surface area contributed by atoms with Gasteiger partial charge in [-0.1, -0.05) is 11.6 Å². The van der Waals surface area contributed by atoms with Gasteiger partial charge in [0.05, 0.1) is 11.6 Å². The normalized spacial score (nSPS) is 17.1. The molecule has 18 heavy (non-hydrogen) atoms. The van der Waals surface area contributed by atoms with E-state index >= 15 is 0 Å². The van der Waals surface area contributed by atoms with Gasteiger partial charge in [-0.25, -0.2) is 4.39 Å². The molecule has 0 spiro atoms. The molecule has 0 radical (unpaired) electrons. The Morgan fingerprint density at radius 3 is 2.78 bits per heavy atom. The fourth-order valence-electron chi connectivity index (χ4n) is 2.18. The highest BCUT2D eigenvalue weighted by Gasteiger charge is 2.15. The molecule has 1 fully saturated rings. The first kappa shape index (κ1) is 13.7. The summed E-state index contributed by atoms with van der Waals surface area (Å²) in [5.41, 5.74) is 1.56. The number of benzene rings is 1. The van der Waals surface area contributed by atoms with Crippen LogP contribution >= 0.6 is 11.6 Å². The minimum absolute atomic E-state index is 0.176. The van der Waals surface area contributed by atoms with E-state index in [9.17, 15) is 4.39 Å². The number of rotatable bonds is 4. The van der Waals surface area contributed by atoms with Crippen LogP contribution in [0.4, 0.5) is 4.39 Å². The van der Waals surface area contributed by atoms with E-state index in [4.69, 9.17) is 16.3 Å². The molecule has 2 rings (SSSR count). The molecule has 0 amide bonds. The van der Waals surface area contributed by atoms with Gasteiger partial charge in [0.15, 0.2) is 0 Å². The maximum absolute atomic E-state index is 14.0. The van der Waals surface area contributed by atoms with Crippen molar-refractivity contribution in [3.8, 4) is 0 Å². The summed E-state index contributed by atoms with van der Waals surface area (Å²) in [6, 6.07) is 3.47. The molecule has 3 nitrogen and oxygen atoms in total. The van der Waals surface area contributed by atoms with Crippen LogP contribution in [0, 0.1) is 5.82 Å². The van der Waals surface area contributed by atoms with Gasteiger partial charge in [0.25, 0.3) is 0 Å². The highest BCUT2D eigenvalue weighted by molar-refractivity contribution is 6.30. The quantitative estimate of drug-likeness (QED) is 0.908. The topological polar surface area (TPSA) is 24.5 Å². The molecule has 1 saturated heterocycles. The lowest BCUT2D eigenvalue weighted by molar-refractivity contribution is 0.184. The average molecular weight is 273 g/mol. The zero-order chi connectivity index (χ0) is 13.0. The molecule has 1 N–H and O–H groups in total. The third-order valence-corrected chi connectivity index (χ3v) is 3.35. The Bertz CT molecular complexity index is 408. The Kier molecular flexibility index (Phi) is 4.95.